The molecule has 1 aromatic heterocycles. The molecule has 7 heteroatoms. The van der Waals surface area contributed by atoms with Gasteiger partial charge in [-0.15, -0.1) is 0 Å². The van der Waals surface area contributed by atoms with Gasteiger partial charge in [0.1, 0.15) is 11.9 Å². The van der Waals surface area contributed by atoms with Gasteiger partial charge in [0.2, 0.25) is 5.95 Å². The van der Waals surface area contributed by atoms with Gasteiger partial charge in [-0.25, -0.2) is 9.78 Å². The number of carbonyl (C=O) groups excluding carboxylic acids is 1. The maximum absolute atomic E-state index is 11.6. The Hall–Kier alpha value is -3.92. The number of carbonyl (C=O) groups is 1. The standard InChI is InChI=1S/C19H15N5O2/c1-26-18(25)13-6-4-7-15(11-13)22-19-21-10-9-17(24-19)23-16-8-3-2-5-14(16)12-20/h2-11H,1H3,(H2,21,22,23,24). The van der Waals surface area contributed by atoms with Gasteiger partial charge in [-0.1, -0.05) is 18.2 Å². The predicted octanol–water partition coefficient (Wildman–Crippen LogP) is 3.62. The molecule has 3 rings (SSSR count). The molecular weight excluding hydrogens is 330 g/mol. The van der Waals surface area contributed by atoms with Crippen LogP contribution in [0.3, 0.4) is 0 Å². The van der Waals surface area contributed by atoms with Crippen LogP contribution in [0.25, 0.3) is 0 Å². The Labute approximate surface area is 150 Å². The molecule has 1 heterocycles. The zero-order chi connectivity index (χ0) is 18.4. The molecule has 2 N–H and O–H groups in total. The van der Waals surface area contributed by atoms with Crippen molar-refractivity contribution >= 4 is 29.1 Å². The van der Waals surface area contributed by atoms with E-state index in [9.17, 15) is 4.79 Å². The van der Waals surface area contributed by atoms with Gasteiger partial charge in [-0.05, 0) is 36.4 Å². The van der Waals surface area contributed by atoms with Crippen LogP contribution >= 0.6 is 0 Å². The molecule has 0 radical (unpaired) electrons. The topological polar surface area (TPSA) is 99.9 Å². The van der Waals surface area contributed by atoms with Crippen molar-refractivity contribution in [2.75, 3.05) is 17.7 Å². The second-order valence-corrected chi connectivity index (χ2v) is 5.25. The highest BCUT2D eigenvalue weighted by atomic mass is 16.5. The first-order valence-electron chi connectivity index (χ1n) is 7.74. The first-order chi connectivity index (χ1) is 12.7. The molecule has 128 valence electrons. The van der Waals surface area contributed by atoms with Crippen molar-refractivity contribution in [3.8, 4) is 6.07 Å². The number of para-hydroxylation sites is 1. The van der Waals surface area contributed by atoms with Gasteiger partial charge in [0.15, 0.2) is 0 Å². The lowest BCUT2D eigenvalue weighted by Crippen LogP contribution is -2.03. The van der Waals surface area contributed by atoms with Crippen LogP contribution in [0, 0.1) is 11.3 Å². The predicted molar refractivity (Wildman–Crippen MR) is 97.5 cm³/mol. The first kappa shape index (κ1) is 16.9. The lowest BCUT2D eigenvalue weighted by Gasteiger charge is -2.10. The highest BCUT2D eigenvalue weighted by Crippen LogP contribution is 2.20. The number of ether oxygens (including phenoxy) is 1. The molecule has 0 atom stereocenters. The zero-order valence-corrected chi connectivity index (χ0v) is 13.9. The number of nitrogens with zero attached hydrogens (tertiary/aromatic N) is 3. The molecular formula is C19H15N5O2. The van der Waals surface area contributed by atoms with Crippen molar-refractivity contribution in [1.82, 2.24) is 9.97 Å². The van der Waals surface area contributed by atoms with E-state index in [4.69, 9.17) is 10.00 Å². The summed E-state index contributed by atoms with van der Waals surface area (Å²) in [4.78, 5) is 20.2. The van der Waals surface area contributed by atoms with Crippen molar-refractivity contribution in [2.45, 2.75) is 0 Å². The third-order valence-corrected chi connectivity index (χ3v) is 3.51. The second-order valence-electron chi connectivity index (χ2n) is 5.25. The van der Waals surface area contributed by atoms with E-state index in [0.29, 0.717) is 34.3 Å². The minimum Gasteiger partial charge on any atom is -0.465 e. The Bertz CT molecular complexity index is 981. The Morgan fingerprint density at radius 2 is 1.96 bits per heavy atom. The molecule has 0 saturated heterocycles. The summed E-state index contributed by atoms with van der Waals surface area (Å²) >= 11 is 0. The zero-order valence-electron chi connectivity index (χ0n) is 13.9. The molecule has 26 heavy (non-hydrogen) atoms. The summed E-state index contributed by atoms with van der Waals surface area (Å²) in [5.74, 6) is 0.471. The van der Waals surface area contributed by atoms with Gasteiger partial charge in [-0.2, -0.15) is 10.2 Å². The Morgan fingerprint density at radius 1 is 1.12 bits per heavy atom. The van der Waals surface area contributed by atoms with Crippen LogP contribution < -0.4 is 10.6 Å². The highest BCUT2D eigenvalue weighted by molar-refractivity contribution is 5.90. The highest BCUT2D eigenvalue weighted by Gasteiger charge is 2.07. The molecule has 0 fully saturated rings. The molecule has 0 amide bonds. The molecule has 0 spiro atoms. The Morgan fingerprint density at radius 3 is 2.77 bits per heavy atom. The SMILES string of the molecule is COC(=O)c1cccc(Nc2nccc(Nc3ccccc3C#N)n2)c1. The minimum atomic E-state index is -0.418. The van der Waals surface area contributed by atoms with Crippen LogP contribution in [0.5, 0.6) is 0 Å². The number of benzene rings is 2. The van der Waals surface area contributed by atoms with Crippen molar-refractivity contribution in [2.24, 2.45) is 0 Å². The van der Waals surface area contributed by atoms with Gasteiger partial charge >= 0.3 is 5.97 Å². The summed E-state index contributed by atoms with van der Waals surface area (Å²) in [6.45, 7) is 0. The van der Waals surface area contributed by atoms with Gasteiger partial charge < -0.3 is 15.4 Å². The number of methoxy groups -OCH3 is 1. The quantitative estimate of drug-likeness (QED) is 0.681. The fraction of sp³-hybridized carbons (Fsp3) is 0.0526. The molecule has 3 aromatic rings. The minimum absolute atomic E-state index is 0.353. The number of nitrogens with one attached hydrogen (secondary N) is 2. The van der Waals surface area contributed by atoms with Crippen LogP contribution in [0.4, 0.5) is 23.1 Å². The van der Waals surface area contributed by atoms with E-state index in [0.717, 1.165) is 0 Å². The normalized spacial score (nSPS) is 9.85. The van der Waals surface area contributed by atoms with Crippen LogP contribution in [0.15, 0.2) is 60.8 Å². The number of rotatable bonds is 5. The summed E-state index contributed by atoms with van der Waals surface area (Å²) < 4.78 is 4.71. The number of aromatic nitrogens is 2. The molecule has 0 saturated carbocycles. The van der Waals surface area contributed by atoms with Crippen molar-refractivity contribution in [3.05, 3.63) is 71.9 Å². The fourth-order valence-electron chi connectivity index (χ4n) is 2.29. The molecule has 0 unspecified atom stereocenters. The molecule has 0 aliphatic carbocycles. The number of anilines is 4. The monoisotopic (exact) mass is 345 g/mol. The Balaban J connectivity index is 1.80. The van der Waals surface area contributed by atoms with Crippen molar-refractivity contribution in [1.29, 1.82) is 5.26 Å². The molecule has 7 nitrogen and oxygen atoms in total. The van der Waals surface area contributed by atoms with Crippen molar-refractivity contribution in [3.63, 3.8) is 0 Å². The third-order valence-electron chi connectivity index (χ3n) is 3.51. The van der Waals surface area contributed by atoms with E-state index in [1.165, 1.54) is 7.11 Å². The maximum atomic E-state index is 11.6. The van der Waals surface area contributed by atoms with Crippen LogP contribution in [-0.4, -0.2) is 23.0 Å². The van der Waals surface area contributed by atoms with Crippen molar-refractivity contribution < 1.29 is 9.53 Å². The molecule has 0 aliphatic rings. The summed E-state index contributed by atoms with van der Waals surface area (Å²) in [5, 5.41) is 15.3. The second kappa shape index (κ2) is 7.77. The number of esters is 1. The largest absolute Gasteiger partial charge is 0.465 e. The van der Waals surface area contributed by atoms with Crippen LogP contribution in [-0.2, 0) is 4.74 Å². The number of nitriles is 1. The average molecular weight is 345 g/mol. The van der Waals surface area contributed by atoms with E-state index in [2.05, 4.69) is 26.7 Å². The van der Waals surface area contributed by atoms with Gasteiger partial charge in [0, 0.05) is 11.9 Å². The maximum Gasteiger partial charge on any atom is 0.337 e. The first-order valence-corrected chi connectivity index (χ1v) is 7.74. The molecule has 0 bridgehead atoms. The fourth-order valence-corrected chi connectivity index (χ4v) is 2.29. The summed E-state index contributed by atoms with van der Waals surface area (Å²) in [5.41, 5.74) is 2.26. The van der Waals surface area contributed by atoms with Gasteiger partial charge in [-0.3, -0.25) is 0 Å². The van der Waals surface area contributed by atoms with Gasteiger partial charge in [0.25, 0.3) is 0 Å². The van der Waals surface area contributed by atoms with E-state index in [1.807, 2.05) is 6.07 Å². The molecule has 2 aromatic carbocycles. The summed E-state index contributed by atoms with van der Waals surface area (Å²) in [7, 11) is 1.33. The summed E-state index contributed by atoms with van der Waals surface area (Å²) in [6, 6.07) is 17.8. The Kier molecular flexibility index (Phi) is 5.05. The molecule has 0 aliphatic heterocycles. The van der Waals surface area contributed by atoms with Gasteiger partial charge in [0.05, 0.1) is 23.9 Å². The number of hydrogen-bond acceptors (Lipinski definition) is 7. The smallest absolute Gasteiger partial charge is 0.337 e. The van der Waals surface area contributed by atoms with Crippen LogP contribution in [0.1, 0.15) is 15.9 Å². The average Bonchev–Trinajstić information content (AvgIpc) is 2.68. The van der Waals surface area contributed by atoms with Crippen LogP contribution in [0.2, 0.25) is 0 Å². The van der Waals surface area contributed by atoms with E-state index >= 15 is 0 Å². The third kappa shape index (κ3) is 3.94. The lowest BCUT2D eigenvalue weighted by molar-refractivity contribution is 0.0601. The van der Waals surface area contributed by atoms with E-state index < -0.39 is 5.97 Å². The summed E-state index contributed by atoms with van der Waals surface area (Å²) in [6.07, 6.45) is 1.59. The lowest BCUT2D eigenvalue weighted by atomic mass is 10.2. The van der Waals surface area contributed by atoms with E-state index in [1.54, 1.807) is 54.7 Å². The van der Waals surface area contributed by atoms with E-state index in [-0.39, 0.29) is 0 Å². The number of hydrogen-bond donors (Lipinski definition) is 2.